The number of hydrogen-bond donors (Lipinski definition) is 0. The molecule has 0 aliphatic rings. The lowest BCUT2D eigenvalue weighted by Crippen LogP contribution is -2.07. The molecule has 0 aliphatic heterocycles. The second-order valence-corrected chi connectivity index (χ2v) is 6.85. The standard InChI is InChI=1S/C24H21ClO2/c1-17(14-19-8-6-12-22(25)15-19)24(26)27-16-21-11-7-13-23(18(21)2)20-9-4-3-5-10-20/h3-15H,16H2,1-2H3/b17-14+. The second kappa shape index (κ2) is 8.70. The maximum atomic E-state index is 12.3. The summed E-state index contributed by atoms with van der Waals surface area (Å²) in [5.41, 5.74) is 5.83. The molecule has 0 aromatic heterocycles. The lowest BCUT2D eigenvalue weighted by molar-refractivity contribution is -0.140. The molecular weight excluding hydrogens is 356 g/mol. The third-order valence-corrected chi connectivity index (χ3v) is 4.68. The quantitative estimate of drug-likeness (QED) is 0.377. The third kappa shape index (κ3) is 4.87. The first-order valence-corrected chi connectivity index (χ1v) is 9.17. The first kappa shape index (κ1) is 18.9. The normalized spacial score (nSPS) is 11.3. The molecule has 3 aromatic carbocycles. The fraction of sp³-hybridized carbons (Fsp3) is 0.125. The average Bonchev–Trinajstić information content (AvgIpc) is 2.67. The van der Waals surface area contributed by atoms with Crippen molar-refractivity contribution in [3.8, 4) is 11.1 Å². The highest BCUT2D eigenvalue weighted by Crippen LogP contribution is 2.26. The largest absolute Gasteiger partial charge is 0.457 e. The van der Waals surface area contributed by atoms with E-state index in [0.29, 0.717) is 10.6 Å². The second-order valence-electron chi connectivity index (χ2n) is 6.41. The summed E-state index contributed by atoms with van der Waals surface area (Å²) < 4.78 is 5.52. The monoisotopic (exact) mass is 376 g/mol. The van der Waals surface area contributed by atoms with E-state index in [1.165, 1.54) is 0 Å². The molecule has 0 radical (unpaired) electrons. The Morgan fingerprint density at radius 2 is 1.74 bits per heavy atom. The number of carbonyl (C=O) groups excluding carboxylic acids is 1. The Balaban J connectivity index is 1.72. The zero-order chi connectivity index (χ0) is 19.2. The summed E-state index contributed by atoms with van der Waals surface area (Å²) in [7, 11) is 0. The lowest BCUT2D eigenvalue weighted by atomic mass is 9.97. The molecule has 27 heavy (non-hydrogen) atoms. The lowest BCUT2D eigenvalue weighted by Gasteiger charge is -2.12. The van der Waals surface area contributed by atoms with E-state index in [4.69, 9.17) is 16.3 Å². The maximum Gasteiger partial charge on any atom is 0.334 e. The van der Waals surface area contributed by atoms with Crippen LogP contribution in [0.25, 0.3) is 17.2 Å². The molecule has 0 aliphatic carbocycles. The van der Waals surface area contributed by atoms with Crippen molar-refractivity contribution in [3.63, 3.8) is 0 Å². The first-order chi connectivity index (χ1) is 13.0. The van der Waals surface area contributed by atoms with Crippen LogP contribution in [-0.2, 0) is 16.1 Å². The van der Waals surface area contributed by atoms with E-state index in [-0.39, 0.29) is 12.6 Å². The van der Waals surface area contributed by atoms with Gasteiger partial charge in [-0.1, -0.05) is 72.3 Å². The molecule has 0 saturated heterocycles. The van der Waals surface area contributed by atoms with Crippen molar-refractivity contribution in [3.05, 3.63) is 100 Å². The zero-order valence-electron chi connectivity index (χ0n) is 15.4. The van der Waals surface area contributed by atoms with Crippen LogP contribution in [0.5, 0.6) is 0 Å². The van der Waals surface area contributed by atoms with Crippen molar-refractivity contribution in [2.75, 3.05) is 0 Å². The molecule has 0 spiro atoms. The van der Waals surface area contributed by atoms with E-state index in [1.807, 2.05) is 48.5 Å². The minimum absolute atomic E-state index is 0.242. The number of hydrogen-bond acceptors (Lipinski definition) is 2. The van der Waals surface area contributed by atoms with Crippen molar-refractivity contribution in [2.24, 2.45) is 0 Å². The zero-order valence-corrected chi connectivity index (χ0v) is 16.2. The van der Waals surface area contributed by atoms with Crippen LogP contribution in [0.2, 0.25) is 5.02 Å². The number of benzene rings is 3. The van der Waals surface area contributed by atoms with Crippen molar-refractivity contribution >= 4 is 23.6 Å². The van der Waals surface area contributed by atoms with Gasteiger partial charge in [-0.05, 0) is 59.9 Å². The fourth-order valence-electron chi connectivity index (χ4n) is 2.93. The van der Waals surface area contributed by atoms with Crippen molar-refractivity contribution in [1.82, 2.24) is 0 Å². The Bertz CT molecular complexity index is 975. The van der Waals surface area contributed by atoms with Crippen LogP contribution in [-0.4, -0.2) is 5.97 Å². The Hall–Kier alpha value is -2.84. The van der Waals surface area contributed by atoms with E-state index in [9.17, 15) is 4.79 Å². The highest BCUT2D eigenvalue weighted by Gasteiger charge is 2.10. The van der Waals surface area contributed by atoms with Gasteiger partial charge in [-0.25, -0.2) is 4.79 Å². The molecule has 0 amide bonds. The van der Waals surface area contributed by atoms with Crippen LogP contribution in [0.1, 0.15) is 23.6 Å². The van der Waals surface area contributed by atoms with E-state index in [1.54, 1.807) is 19.1 Å². The van der Waals surface area contributed by atoms with Crippen molar-refractivity contribution in [2.45, 2.75) is 20.5 Å². The third-order valence-electron chi connectivity index (χ3n) is 4.44. The maximum absolute atomic E-state index is 12.3. The molecule has 0 atom stereocenters. The Morgan fingerprint density at radius 3 is 2.48 bits per heavy atom. The molecular formula is C24H21ClO2. The SMILES string of the molecule is C/C(=C\c1cccc(Cl)c1)C(=O)OCc1cccc(-c2ccccc2)c1C. The Labute approximate surface area is 165 Å². The molecule has 3 rings (SSSR count). The van der Waals surface area contributed by atoms with Crippen LogP contribution >= 0.6 is 11.6 Å². The number of halogens is 1. The predicted molar refractivity (Wildman–Crippen MR) is 112 cm³/mol. The number of rotatable bonds is 5. The highest BCUT2D eigenvalue weighted by atomic mass is 35.5. The topological polar surface area (TPSA) is 26.3 Å². The molecule has 136 valence electrons. The van der Waals surface area contributed by atoms with Gasteiger partial charge in [0.15, 0.2) is 0 Å². The molecule has 3 aromatic rings. The minimum Gasteiger partial charge on any atom is -0.457 e. The molecule has 0 N–H and O–H groups in total. The van der Waals surface area contributed by atoms with Gasteiger partial charge in [0.25, 0.3) is 0 Å². The average molecular weight is 377 g/mol. The van der Waals surface area contributed by atoms with Crippen LogP contribution in [0.15, 0.2) is 78.4 Å². The number of esters is 1. The van der Waals surface area contributed by atoms with E-state index in [0.717, 1.165) is 27.8 Å². The molecule has 0 heterocycles. The first-order valence-electron chi connectivity index (χ1n) is 8.79. The van der Waals surface area contributed by atoms with Crippen molar-refractivity contribution < 1.29 is 9.53 Å². The highest BCUT2D eigenvalue weighted by molar-refractivity contribution is 6.30. The fourth-order valence-corrected chi connectivity index (χ4v) is 3.13. The predicted octanol–water partition coefficient (Wildman–Crippen LogP) is 6.46. The number of carbonyl (C=O) groups is 1. The smallest absolute Gasteiger partial charge is 0.334 e. The molecule has 0 bridgehead atoms. The summed E-state index contributed by atoms with van der Waals surface area (Å²) in [5, 5.41) is 0.637. The Kier molecular flexibility index (Phi) is 6.10. The summed E-state index contributed by atoms with van der Waals surface area (Å²) in [6.07, 6.45) is 1.78. The van der Waals surface area contributed by atoms with Gasteiger partial charge in [0.05, 0.1) is 0 Å². The van der Waals surface area contributed by atoms with Gasteiger partial charge >= 0.3 is 5.97 Å². The summed E-state index contributed by atoms with van der Waals surface area (Å²) in [4.78, 5) is 12.3. The summed E-state index contributed by atoms with van der Waals surface area (Å²) in [6, 6.07) is 23.6. The molecule has 0 fully saturated rings. The number of ether oxygens (including phenoxy) is 1. The van der Waals surface area contributed by atoms with E-state index >= 15 is 0 Å². The van der Waals surface area contributed by atoms with Crippen LogP contribution in [0, 0.1) is 6.92 Å². The van der Waals surface area contributed by atoms with Gasteiger partial charge in [-0.3, -0.25) is 0 Å². The van der Waals surface area contributed by atoms with Gasteiger partial charge < -0.3 is 4.74 Å². The van der Waals surface area contributed by atoms with Gasteiger partial charge in [0, 0.05) is 10.6 Å². The van der Waals surface area contributed by atoms with Gasteiger partial charge in [0.2, 0.25) is 0 Å². The van der Waals surface area contributed by atoms with E-state index < -0.39 is 0 Å². The molecule has 2 nitrogen and oxygen atoms in total. The van der Waals surface area contributed by atoms with Gasteiger partial charge in [-0.2, -0.15) is 0 Å². The Morgan fingerprint density at radius 1 is 1.00 bits per heavy atom. The molecule has 3 heteroatoms. The van der Waals surface area contributed by atoms with Crippen LogP contribution in [0.3, 0.4) is 0 Å². The summed E-state index contributed by atoms with van der Waals surface area (Å²) in [5.74, 6) is -0.334. The van der Waals surface area contributed by atoms with E-state index in [2.05, 4.69) is 25.1 Å². The molecule has 0 unspecified atom stereocenters. The van der Waals surface area contributed by atoms with Crippen LogP contribution < -0.4 is 0 Å². The minimum atomic E-state index is -0.334. The van der Waals surface area contributed by atoms with Gasteiger partial charge in [-0.15, -0.1) is 0 Å². The summed E-state index contributed by atoms with van der Waals surface area (Å²) >= 11 is 5.99. The van der Waals surface area contributed by atoms with Crippen LogP contribution in [0.4, 0.5) is 0 Å². The van der Waals surface area contributed by atoms with Crippen molar-refractivity contribution in [1.29, 1.82) is 0 Å². The van der Waals surface area contributed by atoms with Gasteiger partial charge in [0.1, 0.15) is 6.61 Å². The summed E-state index contributed by atoms with van der Waals surface area (Å²) in [6.45, 7) is 4.04. The molecule has 0 saturated carbocycles.